The maximum absolute atomic E-state index is 13.3. The maximum Gasteiger partial charge on any atom is 0.425 e. The Balaban J connectivity index is 2.73. The third-order valence-electron chi connectivity index (χ3n) is 3.50. The van der Waals surface area contributed by atoms with E-state index in [1.165, 1.54) is 13.2 Å². The van der Waals surface area contributed by atoms with Crippen LogP contribution in [0.25, 0.3) is 0 Å². The van der Waals surface area contributed by atoms with Gasteiger partial charge in [-0.15, -0.1) is 0 Å². The van der Waals surface area contributed by atoms with Gasteiger partial charge in [-0.1, -0.05) is 20.8 Å². The summed E-state index contributed by atoms with van der Waals surface area (Å²) >= 11 is 0. The Labute approximate surface area is 133 Å². The molecular weight excluding hydrogens is 311 g/mol. The third kappa shape index (κ3) is 5.23. The fraction of sp³-hybridized carbons (Fsp3) is 0.733. The molecule has 0 bridgehead atoms. The normalized spacial score (nSPS) is 15.3. The summed E-state index contributed by atoms with van der Waals surface area (Å²) < 4.78 is 40.9. The third-order valence-corrected chi connectivity index (χ3v) is 3.50. The topological polar surface area (TPSA) is 67.1 Å². The lowest BCUT2D eigenvalue weighted by Gasteiger charge is -2.29. The molecule has 2 N–H and O–H groups in total. The summed E-state index contributed by atoms with van der Waals surface area (Å²) in [6.45, 7) is 6.39. The highest BCUT2D eigenvalue weighted by Gasteiger charge is 2.58. The Hall–Kier alpha value is -1.57. The molecule has 0 saturated carbocycles. The average Bonchev–Trinajstić information content (AvgIpc) is 2.79. The van der Waals surface area contributed by atoms with Crippen LogP contribution in [0.1, 0.15) is 45.9 Å². The molecule has 0 radical (unpaired) electrons. The second-order valence-corrected chi connectivity index (χ2v) is 6.91. The standard InChI is InChI=1S/C15H24F3N3O2/c1-13(2,3)6-5-7-19-11(22)10-14(23,15(16,17)18)12-20-8-9-21(12)4/h8-9,23H,5-7,10H2,1-4H3,(H,19,22). The molecule has 1 rings (SSSR count). The number of alkyl halides is 3. The number of hydrogen-bond acceptors (Lipinski definition) is 3. The Morgan fingerprint density at radius 3 is 2.39 bits per heavy atom. The molecule has 0 aromatic carbocycles. The molecule has 8 heteroatoms. The van der Waals surface area contributed by atoms with E-state index >= 15 is 0 Å². The quantitative estimate of drug-likeness (QED) is 0.785. The van der Waals surface area contributed by atoms with Gasteiger partial charge >= 0.3 is 6.18 Å². The lowest BCUT2D eigenvalue weighted by atomic mass is 9.90. The second kappa shape index (κ2) is 6.90. The molecule has 1 unspecified atom stereocenters. The summed E-state index contributed by atoms with van der Waals surface area (Å²) in [5, 5.41) is 12.5. The molecule has 0 aliphatic rings. The molecule has 0 aliphatic carbocycles. The van der Waals surface area contributed by atoms with Crippen LogP contribution < -0.4 is 5.32 Å². The van der Waals surface area contributed by atoms with Crippen molar-refractivity contribution in [3.8, 4) is 0 Å². The molecule has 132 valence electrons. The van der Waals surface area contributed by atoms with Crippen LogP contribution in [0.15, 0.2) is 12.4 Å². The number of nitrogens with one attached hydrogen (secondary N) is 1. The molecular formula is C15H24F3N3O2. The monoisotopic (exact) mass is 335 g/mol. The van der Waals surface area contributed by atoms with Crippen LogP contribution in [-0.2, 0) is 17.4 Å². The largest absolute Gasteiger partial charge is 0.425 e. The van der Waals surface area contributed by atoms with E-state index in [9.17, 15) is 23.1 Å². The van der Waals surface area contributed by atoms with Crippen molar-refractivity contribution in [3.63, 3.8) is 0 Å². The van der Waals surface area contributed by atoms with Crippen molar-refractivity contribution in [3.05, 3.63) is 18.2 Å². The zero-order valence-corrected chi connectivity index (χ0v) is 13.9. The summed E-state index contributed by atoms with van der Waals surface area (Å²) in [7, 11) is 1.33. The molecule has 1 aromatic rings. The Morgan fingerprint density at radius 2 is 1.96 bits per heavy atom. The Bertz CT molecular complexity index is 535. The highest BCUT2D eigenvalue weighted by Crippen LogP contribution is 2.40. The molecule has 1 atom stereocenters. The zero-order valence-electron chi connectivity index (χ0n) is 13.9. The number of aliphatic hydroxyl groups is 1. The van der Waals surface area contributed by atoms with E-state index in [0.717, 1.165) is 17.2 Å². The van der Waals surface area contributed by atoms with Crippen LogP contribution in [0.2, 0.25) is 0 Å². The number of imidazole rings is 1. The Kier molecular flexibility index (Phi) is 5.84. The van der Waals surface area contributed by atoms with Crippen LogP contribution in [-0.4, -0.2) is 33.3 Å². The van der Waals surface area contributed by atoms with Crippen LogP contribution >= 0.6 is 0 Å². The van der Waals surface area contributed by atoms with Gasteiger partial charge in [0, 0.05) is 26.0 Å². The van der Waals surface area contributed by atoms with Crippen molar-refractivity contribution in [2.75, 3.05) is 6.54 Å². The first-order valence-corrected chi connectivity index (χ1v) is 7.40. The van der Waals surface area contributed by atoms with E-state index in [0.29, 0.717) is 6.42 Å². The van der Waals surface area contributed by atoms with E-state index in [4.69, 9.17) is 0 Å². The molecule has 1 aromatic heterocycles. The molecule has 5 nitrogen and oxygen atoms in total. The summed E-state index contributed by atoms with van der Waals surface area (Å²) in [4.78, 5) is 15.4. The summed E-state index contributed by atoms with van der Waals surface area (Å²) in [5.41, 5.74) is -3.22. The van der Waals surface area contributed by atoms with Gasteiger partial charge in [-0.2, -0.15) is 13.2 Å². The smallest absolute Gasteiger partial charge is 0.374 e. The molecule has 0 saturated heterocycles. The number of halogens is 3. The first kappa shape index (κ1) is 19.5. The first-order valence-electron chi connectivity index (χ1n) is 7.40. The summed E-state index contributed by atoms with van der Waals surface area (Å²) in [5.74, 6) is -1.46. The van der Waals surface area contributed by atoms with Gasteiger partial charge < -0.3 is 15.0 Å². The average molecular weight is 335 g/mol. The summed E-state index contributed by atoms with van der Waals surface area (Å²) in [6, 6.07) is 0. The van der Waals surface area contributed by atoms with Gasteiger partial charge in [0.15, 0.2) is 5.82 Å². The Morgan fingerprint density at radius 1 is 1.35 bits per heavy atom. The number of aryl methyl sites for hydroxylation is 1. The van der Waals surface area contributed by atoms with E-state index in [-0.39, 0.29) is 12.0 Å². The number of carbonyl (C=O) groups is 1. The predicted molar refractivity (Wildman–Crippen MR) is 79.5 cm³/mol. The molecule has 0 aliphatic heterocycles. The van der Waals surface area contributed by atoms with Crippen molar-refractivity contribution >= 4 is 5.91 Å². The fourth-order valence-electron chi connectivity index (χ4n) is 2.21. The highest BCUT2D eigenvalue weighted by molar-refractivity contribution is 5.77. The lowest BCUT2D eigenvalue weighted by molar-refractivity contribution is -0.271. The SMILES string of the molecule is Cn1ccnc1C(O)(CC(=O)NCCCC(C)(C)C)C(F)(F)F. The van der Waals surface area contributed by atoms with E-state index in [1.54, 1.807) is 0 Å². The first-order chi connectivity index (χ1) is 10.4. The second-order valence-electron chi connectivity index (χ2n) is 6.91. The van der Waals surface area contributed by atoms with Gasteiger partial charge in [-0.3, -0.25) is 4.79 Å². The summed E-state index contributed by atoms with van der Waals surface area (Å²) in [6.07, 6.45) is -2.20. The maximum atomic E-state index is 13.3. The minimum absolute atomic E-state index is 0.0877. The molecule has 0 spiro atoms. The van der Waals surface area contributed by atoms with Gasteiger partial charge in [0.2, 0.25) is 11.5 Å². The van der Waals surface area contributed by atoms with Gasteiger partial charge in [0.25, 0.3) is 0 Å². The number of rotatable bonds is 6. The zero-order chi connectivity index (χ0) is 17.9. The molecule has 23 heavy (non-hydrogen) atoms. The number of carbonyl (C=O) groups excluding carboxylic acids is 1. The van der Waals surface area contributed by atoms with Gasteiger partial charge in [0.1, 0.15) is 0 Å². The van der Waals surface area contributed by atoms with E-state index in [1.807, 2.05) is 20.8 Å². The number of hydrogen-bond donors (Lipinski definition) is 2. The highest BCUT2D eigenvalue weighted by atomic mass is 19.4. The predicted octanol–water partition coefficient (Wildman–Crippen LogP) is 2.50. The van der Waals surface area contributed by atoms with Crippen LogP contribution in [0.5, 0.6) is 0 Å². The molecule has 1 amide bonds. The van der Waals surface area contributed by atoms with Crippen molar-refractivity contribution < 1.29 is 23.1 Å². The van der Waals surface area contributed by atoms with Crippen LogP contribution in [0, 0.1) is 5.41 Å². The van der Waals surface area contributed by atoms with E-state index < -0.39 is 29.9 Å². The number of aromatic nitrogens is 2. The van der Waals surface area contributed by atoms with Crippen molar-refractivity contribution in [1.29, 1.82) is 0 Å². The van der Waals surface area contributed by atoms with Crippen molar-refractivity contribution in [2.45, 2.75) is 51.8 Å². The molecule has 0 fully saturated rings. The minimum atomic E-state index is -5.01. The lowest BCUT2D eigenvalue weighted by Crippen LogP contribution is -2.48. The van der Waals surface area contributed by atoms with Gasteiger partial charge in [0.05, 0.1) is 6.42 Å². The molecule has 1 heterocycles. The number of nitrogens with zero attached hydrogens (tertiary/aromatic N) is 2. The van der Waals surface area contributed by atoms with Crippen molar-refractivity contribution in [2.24, 2.45) is 12.5 Å². The minimum Gasteiger partial charge on any atom is -0.374 e. The van der Waals surface area contributed by atoms with Crippen LogP contribution in [0.3, 0.4) is 0 Å². The fourth-order valence-corrected chi connectivity index (χ4v) is 2.21. The van der Waals surface area contributed by atoms with Gasteiger partial charge in [-0.05, 0) is 18.3 Å². The van der Waals surface area contributed by atoms with E-state index in [2.05, 4.69) is 10.3 Å². The van der Waals surface area contributed by atoms with Gasteiger partial charge in [-0.25, -0.2) is 4.98 Å². The van der Waals surface area contributed by atoms with Crippen molar-refractivity contribution in [1.82, 2.24) is 14.9 Å². The number of amides is 1. The van der Waals surface area contributed by atoms with Crippen LogP contribution in [0.4, 0.5) is 13.2 Å².